The van der Waals surface area contributed by atoms with Gasteiger partial charge in [0.2, 0.25) is 0 Å². The van der Waals surface area contributed by atoms with Gasteiger partial charge in [0, 0.05) is 5.02 Å². The van der Waals surface area contributed by atoms with Gasteiger partial charge in [-0.25, -0.2) is 0 Å². The molecule has 0 bridgehead atoms. The van der Waals surface area contributed by atoms with Gasteiger partial charge in [-0.2, -0.15) is 0 Å². The van der Waals surface area contributed by atoms with Crippen molar-refractivity contribution in [2.45, 2.75) is 0 Å². The molecule has 0 unspecified atom stereocenters. The molecule has 0 saturated heterocycles. The summed E-state index contributed by atoms with van der Waals surface area (Å²) in [6.07, 6.45) is 0.712. The maximum Gasteiger partial charge on any atom is 0.153 e. The van der Waals surface area contributed by atoms with Gasteiger partial charge in [0.05, 0.1) is 10.0 Å². The maximum atomic E-state index is 11.0. The van der Waals surface area contributed by atoms with Crippen molar-refractivity contribution in [3.63, 3.8) is 0 Å². The predicted octanol–water partition coefficient (Wildman–Crippen LogP) is 4.37. The SMILES string of the molecule is O=Cc1cc(Cl)cc(Br)c1OCCOc1ccccc1. The number of halogens is 2. The fourth-order valence-corrected chi connectivity index (χ4v) is 2.59. The molecule has 2 rings (SSSR count). The van der Waals surface area contributed by atoms with E-state index in [-0.39, 0.29) is 0 Å². The van der Waals surface area contributed by atoms with Crippen molar-refractivity contribution in [1.29, 1.82) is 0 Å². The highest BCUT2D eigenvalue weighted by Gasteiger charge is 2.09. The zero-order chi connectivity index (χ0) is 14.4. The van der Waals surface area contributed by atoms with E-state index in [0.29, 0.717) is 40.3 Å². The average Bonchev–Trinajstić information content (AvgIpc) is 2.45. The van der Waals surface area contributed by atoms with Crippen molar-refractivity contribution in [2.24, 2.45) is 0 Å². The molecule has 2 aromatic carbocycles. The Balaban J connectivity index is 1.93. The van der Waals surface area contributed by atoms with E-state index in [1.165, 1.54) is 0 Å². The highest BCUT2D eigenvalue weighted by Crippen LogP contribution is 2.31. The third-order valence-electron chi connectivity index (χ3n) is 2.51. The number of aldehydes is 1. The number of carbonyl (C=O) groups excluding carboxylic acids is 1. The first kappa shape index (κ1) is 14.9. The Hall–Kier alpha value is -1.52. The molecule has 0 aliphatic heterocycles. The molecule has 0 aromatic heterocycles. The van der Waals surface area contributed by atoms with Crippen LogP contribution in [0.1, 0.15) is 10.4 Å². The molecule has 20 heavy (non-hydrogen) atoms. The minimum atomic E-state index is 0.329. The summed E-state index contributed by atoms with van der Waals surface area (Å²) in [6.45, 7) is 0.716. The molecule has 0 heterocycles. The summed E-state index contributed by atoms with van der Waals surface area (Å²) in [6, 6.07) is 12.7. The van der Waals surface area contributed by atoms with Crippen molar-refractivity contribution in [1.82, 2.24) is 0 Å². The summed E-state index contributed by atoms with van der Waals surface area (Å²) >= 11 is 9.20. The molecule has 104 valence electrons. The monoisotopic (exact) mass is 354 g/mol. The molecule has 0 N–H and O–H groups in total. The third-order valence-corrected chi connectivity index (χ3v) is 3.31. The van der Waals surface area contributed by atoms with Crippen molar-refractivity contribution in [3.8, 4) is 11.5 Å². The van der Waals surface area contributed by atoms with Gasteiger partial charge in [-0.05, 0) is 40.2 Å². The fraction of sp³-hybridized carbons (Fsp3) is 0.133. The van der Waals surface area contributed by atoms with Crippen LogP contribution in [-0.2, 0) is 0 Å². The Morgan fingerprint density at radius 3 is 2.50 bits per heavy atom. The number of benzene rings is 2. The Kier molecular flexibility index (Phi) is 5.44. The standard InChI is InChI=1S/C15H12BrClO3/c16-14-9-12(17)8-11(10-18)15(14)20-7-6-19-13-4-2-1-3-5-13/h1-5,8-10H,6-7H2. The van der Waals surface area contributed by atoms with Crippen LogP contribution in [-0.4, -0.2) is 19.5 Å². The second kappa shape index (κ2) is 7.31. The van der Waals surface area contributed by atoms with E-state index in [4.69, 9.17) is 21.1 Å². The first-order valence-corrected chi connectivity index (χ1v) is 7.12. The average molecular weight is 356 g/mol. The van der Waals surface area contributed by atoms with E-state index in [9.17, 15) is 4.79 Å². The van der Waals surface area contributed by atoms with Gasteiger partial charge >= 0.3 is 0 Å². The third kappa shape index (κ3) is 3.99. The minimum absolute atomic E-state index is 0.329. The zero-order valence-electron chi connectivity index (χ0n) is 10.5. The van der Waals surface area contributed by atoms with E-state index in [1.807, 2.05) is 30.3 Å². The Labute approximate surface area is 130 Å². The van der Waals surface area contributed by atoms with Crippen molar-refractivity contribution >= 4 is 33.8 Å². The van der Waals surface area contributed by atoms with E-state index < -0.39 is 0 Å². The van der Waals surface area contributed by atoms with Gasteiger partial charge < -0.3 is 9.47 Å². The first-order valence-electron chi connectivity index (χ1n) is 5.95. The largest absolute Gasteiger partial charge is 0.490 e. The number of hydrogen-bond acceptors (Lipinski definition) is 3. The Bertz CT molecular complexity index is 587. The van der Waals surface area contributed by atoms with Gasteiger partial charge in [-0.1, -0.05) is 29.8 Å². The van der Waals surface area contributed by atoms with Crippen LogP contribution in [0.4, 0.5) is 0 Å². The quantitative estimate of drug-likeness (QED) is 0.570. The topological polar surface area (TPSA) is 35.5 Å². The zero-order valence-corrected chi connectivity index (χ0v) is 12.9. The lowest BCUT2D eigenvalue weighted by atomic mass is 10.2. The maximum absolute atomic E-state index is 11.0. The van der Waals surface area contributed by atoms with Crippen LogP contribution in [0, 0.1) is 0 Å². The smallest absolute Gasteiger partial charge is 0.153 e. The normalized spacial score (nSPS) is 10.1. The van der Waals surface area contributed by atoms with E-state index in [1.54, 1.807) is 12.1 Å². The van der Waals surface area contributed by atoms with Crippen LogP contribution in [0.25, 0.3) is 0 Å². The lowest BCUT2D eigenvalue weighted by Gasteiger charge is -2.11. The van der Waals surface area contributed by atoms with Crippen LogP contribution in [0.15, 0.2) is 46.9 Å². The predicted molar refractivity (Wildman–Crippen MR) is 82.0 cm³/mol. The number of hydrogen-bond donors (Lipinski definition) is 0. The van der Waals surface area contributed by atoms with Crippen LogP contribution < -0.4 is 9.47 Å². The van der Waals surface area contributed by atoms with Crippen LogP contribution in [0.5, 0.6) is 11.5 Å². The lowest BCUT2D eigenvalue weighted by molar-refractivity contribution is 0.111. The summed E-state index contributed by atoms with van der Waals surface area (Å²) in [4.78, 5) is 11.0. The molecule has 0 aliphatic rings. The van der Waals surface area contributed by atoms with Gasteiger partial charge in [-0.15, -0.1) is 0 Å². The summed E-state index contributed by atoms with van der Waals surface area (Å²) in [5.74, 6) is 1.25. The molecule has 0 amide bonds. The van der Waals surface area contributed by atoms with E-state index in [0.717, 1.165) is 5.75 Å². The highest BCUT2D eigenvalue weighted by atomic mass is 79.9. The second-order valence-corrected chi connectivity index (χ2v) is 5.22. The fourth-order valence-electron chi connectivity index (χ4n) is 1.64. The summed E-state index contributed by atoms with van der Waals surface area (Å²) < 4.78 is 11.7. The molecule has 2 aromatic rings. The Morgan fingerprint density at radius 2 is 1.80 bits per heavy atom. The molecule has 0 atom stereocenters. The molecular formula is C15H12BrClO3. The molecule has 0 radical (unpaired) electrons. The van der Waals surface area contributed by atoms with Crippen molar-refractivity contribution in [2.75, 3.05) is 13.2 Å². The van der Waals surface area contributed by atoms with E-state index >= 15 is 0 Å². The molecule has 5 heteroatoms. The van der Waals surface area contributed by atoms with Gasteiger partial charge in [-0.3, -0.25) is 4.79 Å². The summed E-state index contributed by atoms with van der Waals surface area (Å²) in [5, 5.41) is 0.479. The molecule has 3 nitrogen and oxygen atoms in total. The number of ether oxygens (including phenoxy) is 2. The number of para-hydroxylation sites is 1. The van der Waals surface area contributed by atoms with Crippen molar-refractivity contribution < 1.29 is 14.3 Å². The van der Waals surface area contributed by atoms with Crippen LogP contribution in [0.2, 0.25) is 5.02 Å². The number of carbonyl (C=O) groups is 1. The van der Waals surface area contributed by atoms with Crippen LogP contribution in [0.3, 0.4) is 0 Å². The van der Waals surface area contributed by atoms with Crippen molar-refractivity contribution in [3.05, 3.63) is 57.5 Å². The van der Waals surface area contributed by atoms with Gasteiger partial charge in [0.15, 0.2) is 6.29 Å². The second-order valence-electron chi connectivity index (χ2n) is 3.93. The first-order chi connectivity index (χ1) is 9.70. The molecular weight excluding hydrogens is 344 g/mol. The number of rotatable bonds is 6. The molecule has 0 fully saturated rings. The minimum Gasteiger partial charge on any atom is -0.490 e. The highest BCUT2D eigenvalue weighted by molar-refractivity contribution is 9.10. The van der Waals surface area contributed by atoms with Crippen LogP contribution >= 0.6 is 27.5 Å². The molecule has 0 spiro atoms. The van der Waals surface area contributed by atoms with E-state index in [2.05, 4.69) is 15.9 Å². The summed E-state index contributed by atoms with van der Waals surface area (Å²) in [7, 11) is 0. The molecule has 0 saturated carbocycles. The van der Waals surface area contributed by atoms with Gasteiger partial charge in [0.1, 0.15) is 24.7 Å². The molecule has 0 aliphatic carbocycles. The Morgan fingerprint density at radius 1 is 1.10 bits per heavy atom. The van der Waals surface area contributed by atoms with Gasteiger partial charge in [0.25, 0.3) is 0 Å². The lowest BCUT2D eigenvalue weighted by Crippen LogP contribution is -2.10. The summed E-state index contributed by atoms with van der Waals surface area (Å²) in [5.41, 5.74) is 0.407.